The molecule has 0 bridgehead atoms. The minimum atomic E-state index is -0.225. The highest BCUT2D eigenvalue weighted by atomic mass is 16.5. The third kappa shape index (κ3) is 3.08. The molecule has 1 aromatic rings. The Morgan fingerprint density at radius 2 is 1.96 bits per heavy atom. The van der Waals surface area contributed by atoms with Crippen molar-refractivity contribution in [2.75, 3.05) is 19.8 Å². The number of hydrogen-bond donors (Lipinski definition) is 0. The first kappa shape index (κ1) is 16.1. The van der Waals surface area contributed by atoms with Crippen molar-refractivity contribution in [3.05, 3.63) is 11.8 Å². The standard InChI is InChI=1S/C18H27N3O3/c1-12-19-20-17(24-12)16-11-23-9-8-21(16)18(22)15-7-6-13-4-2-3-5-14(13)10-15/h13-16H,2-11H2,1H3. The number of morpholine rings is 1. The minimum absolute atomic E-state index is 0.161. The first-order chi connectivity index (χ1) is 11.7. The van der Waals surface area contributed by atoms with Crippen LogP contribution in [0, 0.1) is 24.7 Å². The van der Waals surface area contributed by atoms with Gasteiger partial charge >= 0.3 is 0 Å². The summed E-state index contributed by atoms with van der Waals surface area (Å²) in [4.78, 5) is 15.1. The summed E-state index contributed by atoms with van der Waals surface area (Å²) in [6, 6.07) is -0.225. The lowest BCUT2D eigenvalue weighted by Gasteiger charge is -2.42. The number of fused-ring (bicyclic) bond motifs is 1. The molecular weight excluding hydrogens is 306 g/mol. The molecule has 1 aliphatic heterocycles. The van der Waals surface area contributed by atoms with Gasteiger partial charge in [-0.25, -0.2) is 0 Å². The maximum absolute atomic E-state index is 13.2. The van der Waals surface area contributed by atoms with Crippen molar-refractivity contribution in [2.24, 2.45) is 17.8 Å². The van der Waals surface area contributed by atoms with E-state index in [4.69, 9.17) is 9.15 Å². The Hall–Kier alpha value is -1.43. The van der Waals surface area contributed by atoms with E-state index in [9.17, 15) is 4.79 Å². The number of hydrogen-bond acceptors (Lipinski definition) is 5. The summed E-state index contributed by atoms with van der Waals surface area (Å²) < 4.78 is 11.2. The highest BCUT2D eigenvalue weighted by molar-refractivity contribution is 5.79. The fraction of sp³-hybridized carbons (Fsp3) is 0.833. The van der Waals surface area contributed by atoms with E-state index in [0.29, 0.717) is 31.5 Å². The normalized spacial score (nSPS) is 34.0. The molecule has 3 fully saturated rings. The molecule has 1 saturated heterocycles. The van der Waals surface area contributed by atoms with Crippen LogP contribution in [-0.2, 0) is 9.53 Å². The molecule has 0 N–H and O–H groups in total. The van der Waals surface area contributed by atoms with Crippen LogP contribution in [0.1, 0.15) is 62.8 Å². The van der Waals surface area contributed by atoms with Crippen LogP contribution < -0.4 is 0 Å². The third-order valence-electron chi connectivity index (χ3n) is 6.13. The van der Waals surface area contributed by atoms with Crippen LogP contribution >= 0.6 is 0 Å². The smallest absolute Gasteiger partial charge is 0.241 e. The van der Waals surface area contributed by atoms with Crippen LogP contribution in [-0.4, -0.2) is 40.8 Å². The molecule has 4 unspecified atom stereocenters. The van der Waals surface area contributed by atoms with Gasteiger partial charge in [0.15, 0.2) is 0 Å². The van der Waals surface area contributed by atoms with E-state index in [1.54, 1.807) is 6.92 Å². The van der Waals surface area contributed by atoms with E-state index in [1.807, 2.05) is 4.90 Å². The summed E-state index contributed by atoms with van der Waals surface area (Å²) in [6.45, 7) is 3.44. The summed E-state index contributed by atoms with van der Waals surface area (Å²) in [5, 5.41) is 8.03. The largest absolute Gasteiger partial charge is 0.423 e. The Morgan fingerprint density at radius 3 is 2.75 bits per heavy atom. The summed E-state index contributed by atoms with van der Waals surface area (Å²) in [5.41, 5.74) is 0. The molecule has 4 rings (SSSR count). The van der Waals surface area contributed by atoms with E-state index < -0.39 is 0 Å². The molecule has 2 saturated carbocycles. The third-order valence-corrected chi connectivity index (χ3v) is 6.13. The van der Waals surface area contributed by atoms with Crippen LogP contribution in [0.5, 0.6) is 0 Å². The van der Waals surface area contributed by atoms with E-state index in [1.165, 1.54) is 32.1 Å². The van der Waals surface area contributed by atoms with Gasteiger partial charge < -0.3 is 14.1 Å². The fourth-order valence-corrected chi connectivity index (χ4v) is 4.85. The number of carbonyl (C=O) groups excluding carboxylic acids is 1. The highest BCUT2D eigenvalue weighted by Crippen LogP contribution is 2.43. The number of nitrogens with zero attached hydrogens (tertiary/aromatic N) is 3. The molecule has 4 atom stereocenters. The highest BCUT2D eigenvalue weighted by Gasteiger charge is 2.40. The lowest BCUT2D eigenvalue weighted by atomic mass is 9.67. The molecule has 0 spiro atoms. The Morgan fingerprint density at radius 1 is 1.12 bits per heavy atom. The first-order valence-corrected chi connectivity index (χ1v) is 9.40. The van der Waals surface area contributed by atoms with Crippen molar-refractivity contribution >= 4 is 5.91 Å². The molecule has 132 valence electrons. The molecule has 2 heterocycles. The van der Waals surface area contributed by atoms with Gasteiger partial charge in [0.25, 0.3) is 0 Å². The van der Waals surface area contributed by atoms with Gasteiger partial charge in [0.2, 0.25) is 17.7 Å². The summed E-state index contributed by atoms with van der Waals surface area (Å²) in [6.07, 6.45) is 8.71. The van der Waals surface area contributed by atoms with Crippen molar-refractivity contribution in [3.8, 4) is 0 Å². The molecule has 3 aliphatic rings. The number of carbonyl (C=O) groups is 1. The molecule has 6 heteroatoms. The van der Waals surface area contributed by atoms with Gasteiger partial charge in [0.1, 0.15) is 6.04 Å². The van der Waals surface area contributed by atoms with Crippen LogP contribution in [0.2, 0.25) is 0 Å². The molecule has 24 heavy (non-hydrogen) atoms. The molecule has 1 aromatic heterocycles. The van der Waals surface area contributed by atoms with Crippen molar-refractivity contribution in [1.29, 1.82) is 0 Å². The van der Waals surface area contributed by atoms with Gasteiger partial charge in [0.05, 0.1) is 13.2 Å². The van der Waals surface area contributed by atoms with Gasteiger partial charge in [0, 0.05) is 19.4 Å². The molecule has 2 aliphatic carbocycles. The zero-order valence-corrected chi connectivity index (χ0v) is 14.4. The van der Waals surface area contributed by atoms with Gasteiger partial charge in [-0.3, -0.25) is 4.79 Å². The van der Waals surface area contributed by atoms with Crippen LogP contribution in [0.15, 0.2) is 4.42 Å². The molecule has 1 amide bonds. The number of aromatic nitrogens is 2. The van der Waals surface area contributed by atoms with E-state index in [2.05, 4.69) is 10.2 Å². The Bertz CT molecular complexity index is 588. The van der Waals surface area contributed by atoms with Crippen LogP contribution in [0.25, 0.3) is 0 Å². The van der Waals surface area contributed by atoms with Gasteiger partial charge in [-0.05, 0) is 31.1 Å². The first-order valence-electron chi connectivity index (χ1n) is 9.40. The Balaban J connectivity index is 1.47. The summed E-state index contributed by atoms with van der Waals surface area (Å²) in [5.74, 6) is 3.09. The van der Waals surface area contributed by atoms with Crippen molar-refractivity contribution in [1.82, 2.24) is 15.1 Å². The molecule has 6 nitrogen and oxygen atoms in total. The van der Waals surface area contributed by atoms with E-state index >= 15 is 0 Å². The second kappa shape index (κ2) is 6.82. The number of aryl methyl sites for hydroxylation is 1. The summed E-state index contributed by atoms with van der Waals surface area (Å²) >= 11 is 0. The quantitative estimate of drug-likeness (QED) is 0.832. The zero-order chi connectivity index (χ0) is 16.5. The monoisotopic (exact) mass is 333 g/mol. The Kier molecular flexibility index (Phi) is 4.57. The van der Waals surface area contributed by atoms with Gasteiger partial charge in [-0.15, -0.1) is 10.2 Å². The predicted octanol–water partition coefficient (Wildman–Crippen LogP) is 2.88. The molecular formula is C18H27N3O3. The zero-order valence-electron chi connectivity index (χ0n) is 14.4. The van der Waals surface area contributed by atoms with Crippen LogP contribution in [0.4, 0.5) is 0 Å². The van der Waals surface area contributed by atoms with Crippen molar-refractivity contribution in [3.63, 3.8) is 0 Å². The number of amides is 1. The fourth-order valence-electron chi connectivity index (χ4n) is 4.85. The predicted molar refractivity (Wildman–Crippen MR) is 87.1 cm³/mol. The molecule has 0 radical (unpaired) electrons. The lowest BCUT2D eigenvalue weighted by Crippen LogP contribution is -2.47. The second-order valence-electron chi connectivity index (χ2n) is 7.60. The van der Waals surface area contributed by atoms with E-state index in [-0.39, 0.29) is 17.9 Å². The maximum atomic E-state index is 13.2. The number of rotatable bonds is 2. The van der Waals surface area contributed by atoms with Gasteiger partial charge in [-0.1, -0.05) is 25.7 Å². The van der Waals surface area contributed by atoms with Crippen LogP contribution in [0.3, 0.4) is 0 Å². The summed E-state index contributed by atoms with van der Waals surface area (Å²) in [7, 11) is 0. The second-order valence-corrected chi connectivity index (χ2v) is 7.60. The minimum Gasteiger partial charge on any atom is -0.423 e. The topological polar surface area (TPSA) is 68.5 Å². The average Bonchev–Trinajstić information content (AvgIpc) is 3.07. The average molecular weight is 333 g/mol. The SMILES string of the molecule is Cc1nnc(C2COCCN2C(=O)C2CCC3CCCCC3C2)o1. The van der Waals surface area contributed by atoms with E-state index in [0.717, 1.165) is 24.7 Å². The number of ether oxygens (including phenoxy) is 1. The van der Waals surface area contributed by atoms with Gasteiger partial charge in [-0.2, -0.15) is 0 Å². The lowest BCUT2D eigenvalue weighted by molar-refractivity contribution is -0.148. The maximum Gasteiger partial charge on any atom is 0.241 e. The Labute approximate surface area is 142 Å². The molecule has 0 aromatic carbocycles. The van der Waals surface area contributed by atoms with Crippen molar-refractivity contribution < 1.29 is 13.9 Å². The van der Waals surface area contributed by atoms with Crippen molar-refractivity contribution in [2.45, 2.75) is 57.9 Å².